The molecule has 1 aliphatic rings. The van der Waals surface area contributed by atoms with Crippen LogP contribution in [0.1, 0.15) is 22.3 Å². The lowest BCUT2D eigenvalue weighted by Crippen LogP contribution is -2.08. The van der Waals surface area contributed by atoms with Crippen LogP contribution in [-0.4, -0.2) is 11.5 Å². The molecule has 0 aliphatic carbocycles. The maximum Gasteiger partial charge on any atom is 0.164 e. The summed E-state index contributed by atoms with van der Waals surface area (Å²) in [6, 6.07) is 5.94. The Hall–Kier alpha value is -0.760. The van der Waals surface area contributed by atoms with Crippen molar-refractivity contribution >= 4 is 17.5 Å². The molecule has 0 fully saturated rings. The van der Waals surface area contributed by atoms with E-state index in [4.69, 9.17) is 0 Å². The molecule has 0 amide bonds. The van der Waals surface area contributed by atoms with E-state index in [-0.39, 0.29) is 0 Å². The lowest BCUT2D eigenvalue weighted by Gasteiger charge is -2.15. The summed E-state index contributed by atoms with van der Waals surface area (Å²) >= 11 is 1.80. The molecule has 0 radical (unpaired) electrons. The number of rotatable bonds is 0. The van der Waals surface area contributed by atoms with E-state index >= 15 is 0 Å². The predicted octanol–water partition coefficient (Wildman–Crippen LogP) is 2.67. The maximum atomic E-state index is 11.4. The fraction of sp³-hybridized carbons (Fsp3) is 0.300. The van der Waals surface area contributed by atoms with Gasteiger partial charge in [-0.2, -0.15) is 0 Å². The van der Waals surface area contributed by atoms with Crippen LogP contribution in [0.5, 0.6) is 0 Å². The third kappa shape index (κ3) is 1.16. The molecule has 0 unspecified atom stereocenters. The lowest BCUT2D eigenvalue weighted by molar-refractivity contribution is 0.0984. The Labute approximate surface area is 76.2 Å². The lowest BCUT2D eigenvalue weighted by atomic mass is 10.1. The molecule has 62 valence electrons. The highest BCUT2D eigenvalue weighted by Gasteiger charge is 2.17. The number of ketones is 1. The molecule has 0 bridgehead atoms. The number of carbonyl (C=O) groups is 1. The van der Waals surface area contributed by atoms with E-state index in [0.29, 0.717) is 12.2 Å². The van der Waals surface area contributed by atoms with E-state index in [1.54, 1.807) is 11.8 Å². The third-order valence-electron chi connectivity index (χ3n) is 2.09. The first-order chi connectivity index (χ1) is 5.79. The molecule has 1 aromatic rings. The fourth-order valence-corrected chi connectivity index (χ4v) is 2.57. The predicted molar refractivity (Wildman–Crippen MR) is 50.9 cm³/mol. The van der Waals surface area contributed by atoms with Crippen molar-refractivity contribution in [3.8, 4) is 0 Å². The van der Waals surface area contributed by atoms with Crippen LogP contribution in [-0.2, 0) is 0 Å². The zero-order valence-corrected chi connectivity index (χ0v) is 7.78. The highest BCUT2D eigenvalue weighted by atomic mass is 32.2. The van der Waals surface area contributed by atoms with Crippen LogP contribution in [0.15, 0.2) is 23.1 Å². The van der Waals surface area contributed by atoms with Gasteiger partial charge in [0.05, 0.1) is 0 Å². The highest BCUT2D eigenvalue weighted by molar-refractivity contribution is 7.99. The SMILES string of the molecule is Cc1cccc2c1SCCC2=O. The van der Waals surface area contributed by atoms with E-state index in [2.05, 4.69) is 13.0 Å². The monoisotopic (exact) mass is 178 g/mol. The van der Waals surface area contributed by atoms with Crippen LogP contribution in [0, 0.1) is 6.92 Å². The van der Waals surface area contributed by atoms with Crippen molar-refractivity contribution in [2.24, 2.45) is 0 Å². The minimum atomic E-state index is 0.299. The van der Waals surface area contributed by atoms with Crippen LogP contribution in [0.3, 0.4) is 0 Å². The molecule has 2 heteroatoms. The van der Waals surface area contributed by atoms with E-state index < -0.39 is 0 Å². The van der Waals surface area contributed by atoms with E-state index in [1.807, 2.05) is 12.1 Å². The Morgan fingerprint density at radius 1 is 1.42 bits per heavy atom. The summed E-state index contributed by atoms with van der Waals surface area (Å²) in [5.74, 6) is 1.24. The van der Waals surface area contributed by atoms with Gasteiger partial charge in [0.15, 0.2) is 5.78 Å². The second-order valence-electron chi connectivity index (χ2n) is 2.97. The summed E-state index contributed by atoms with van der Waals surface area (Å²) < 4.78 is 0. The van der Waals surface area contributed by atoms with Gasteiger partial charge in [0.1, 0.15) is 0 Å². The van der Waals surface area contributed by atoms with E-state index in [9.17, 15) is 4.79 Å². The maximum absolute atomic E-state index is 11.4. The molecule has 0 aromatic heterocycles. The highest BCUT2D eigenvalue weighted by Crippen LogP contribution is 2.32. The van der Waals surface area contributed by atoms with Crippen LogP contribution in [0.4, 0.5) is 0 Å². The van der Waals surface area contributed by atoms with Gasteiger partial charge in [0.2, 0.25) is 0 Å². The number of hydrogen-bond acceptors (Lipinski definition) is 2. The Balaban J connectivity index is 2.59. The second kappa shape index (κ2) is 2.94. The molecule has 1 heterocycles. The molecule has 1 nitrogen and oxygen atoms in total. The minimum Gasteiger partial charge on any atom is -0.294 e. The Kier molecular flexibility index (Phi) is 1.93. The Morgan fingerprint density at radius 2 is 2.25 bits per heavy atom. The van der Waals surface area contributed by atoms with Crippen molar-refractivity contribution in [2.75, 3.05) is 5.75 Å². The summed E-state index contributed by atoms with van der Waals surface area (Å²) in [6.07, 6.45) is 0.696. The Bertz CT molecular complexity index is 331. The summed E-state index contributed by atoms with van der Waals surface area (Å²) in [4.78, 5) is 12.6. The number of benzene rings is 1. The number of hydrogen-bond donors (Lipinski definition) is 0. The fourth-order valence-electron chi connectivity index (χ4n) is 1.44. The summed E-state index contributed by atoms with van der Waals surface area (Å²) in [5.41, 5.74) is 2.15. The molecule has 1 aromatic carbocycles. The van der Waals surface area contributed by atoms with Crippen LogP contribution < -0.4 is 0 Å². The van der Waals surface area contributed by atoms with Gasteiger partial charge in [0.25, 0.3) is 0 Å². The molecule has 0 saturated heterocycles. The number of carbonyl (C=O) groups excluding carboxylic acids is 1. The smallest absolute Gasteiger partial charge is 0.164 e. The quantitative estimate of drug-likeness (QED) is 0.607. The number of aryl methyl sites for hydroxylation is 1. The first-order valence-electron chi connectivity index (χ1n) is 4.04. The van der Waals surface area contributed by atoms with Gasteiger partial charge < -0.3 is 0 Å². The zero-order valence-electron chi connectivity index (χ0n) is 6.96. The molecule has 0 N–H and O–H groups in total. The second-order valence-corrected chi connectivity index (χ2v) is 4.08. The van der Waals surface area contributed by atoms with Gasteiger partial charge in [-0.15, -0.1) is 11.8 Å². The largest absolute Gasteiger partial charge is 0.294 e. The molecule has 0 atom stereocenters. The number of Topliss-reactive ketones (excluding diaryl/α,β-unsaturated/α-hetero) is 1. The summed E-state index contributed by atoms with van der Waals surface area (Å²) in [7, 11) is 0. The van der Waals surface area contributed by atoms with Crippen molar-refractivity contribution in [3.63, 3.8) is 0 Å². The topological polar surface area (TPSA) is 17.1 Å². The van der Waals surface area contributed by atoms with Gasteiger partial charge in [-0.05, 0) is 12.5 Å². The van der Waals surface area contributed by atoms with Gasteiger partial charge in [-0.25, -0.2) is 0 Å². The summed E-state index contributed by atoms with van der Waals surface area (Å²) in [6.45, 7) is 2.06. The zero-order chi connectivity index (χ0) is 8.55. The van der Waals surface area contributed by atoms with Gasteiger partial charge in [-0.1, -0.05) is 18.2 Å². The molecule has 2 rings (SSSR count). The first kappa shape index (κ1) is 7.87. The molecular formula is C10H10OS. The molecule has 0 saturated carbocycles. The van der Waals surface area contributed by atoms with Crippen molar-refractivity contribution in [1.82, 2.24) is 0 Å². The molecular weight excluding hydrogens is 168 g/mol. The average Bonchev–Trinajstić information content (AvgIpc) is 2.07. The van der Waals surface area contributed by atoms with Crippen molar-refractivity contribution in [3.05, 3.63) is 29.3 Å². The Morgan fingerprint density at radius 3 is 3.00 bits per heavy atom. The minimum absolute atomic E-state index is 0.299. The molecule has 12 heavy (non-hydrogen) atoms. The van der Waals surface area contributed by atoms with Gasteiger partial charge in [0, 0.05) is 22.6 Å². The van der Waals surface area contributed by atoms with Crippen molar-refractivity contribution < 1.29 is 4.79 Å². The van der Waals surface area contributed by atoms with Gasteiger partial charge >= 0.3 is 0 Å². The average molecular weight is 178 g/mol. The van der Waals surface area contributed by atoms with Crippen LogP contribution in [0.25, 0.3) is 0 Å². The number of fused-ring (bicyclic) bond motifs is 1. The number of thioether (sulfide) groups is 1. The van der Waals surface area contributed by atoms with E-state index in [1.165, 1.54) is 10.5 Å². The van der Waals surface area contributed by atoms with Crippen LogP contribution >= 0.6 is 11.8 Å². The van der Waals surface area contributed by atoms with Crippen LogP contribution in [0.2, 0.25) is 0 Å². The normalized spacial score (nSPS) is 15.9. The van der Waals surface area contributed by atoms with E-state index in [0.717, 1.165) is 11.3 Å². The standard InChI is InChI=1S/C10H10OS/c1-7-3-2-4-8-9(11)5-6-12-10(7)8/h2-4H,5-6H2,1H3. The van der Waals surface area contributed by atoms with Crippen molar-refractivity contribution in [2.45, 2.75) is 18.2 Å². The summed E-state index contributed by atoms with van der Waals surface area (Å²) in [5, 5.41) is 0. The third-order valence-corrected chi connectivity index (χ3v) is 3.33. The molecule has 1 aliphatic heterocycles. The molecule has 0 spiro atoms. The van der Waals surface area contributed by atoms with Crippen molar-refractivity contribution in [1.29, 1.82) is 0 Å². The van der Waals surface area contributed by atoms with Gasteiger partial charge in [-0.3, -0.25) is 4.79 Å². The first-order valence-corrected chi connectivity index (χ1v) is 5.03.